The van der Waals surface area contributed by atoms with E-state index in [9.17, 15) is 4.39 Å². The van der Waals surface area contributed by atoms with Crippen molar-refractivity contribution >= 4 is 17.4 Å². The van der Waals surface area contributed by atoms with Crippen LogP contribution in [0.3, 0.4) is 0 Å². The van der Waals surface area contributed by atoms with E-state index in [4.69, 9.17) is 11.6 Å². The van der Waals surface area contributed by atoms with Gasteiger partial charge in [-0.25, -0.2) is 9.37 Å². The topological polar surface area (TPSA) is 29.0 Å². The molecule has 0 aliphatic carbocycles. The molecule has 0 fully saturated rings. The third kappa shape index (κ3) is 3.30. The van der Waals surface area contributed by atoms with E-state index in [1.54, 1.807) is 4.90 Å². The lowest BCUT2D eigenvalue weighted by Gasteiger charge is -2.27. The molecule has 1 aromatic heterocycles. The van der Waals surface area contributed by atoms with E-state index in [2.05, 4.69) is 23.8 Å². The van der Waals surface area contributed by atoms with Gasteiger partial charge < -0.3 is 4.90 Å². The number of hydrogen-bond donors (Lipinski definition) is 0. The van der Waals surface area contributed by atoms with E-state index in [1.165, 1.54) is 0 Å². The SMILES string of the molecule is CC(C)CC(C)N(C)c1nc(Cl)ncc1F. The van der Waals surface area contributed by atoms with Crippen molar-refractivity contribution in [2.45, 2.75) is 33.2 Å². The smallest absolute Gasteiger partial charge is 0.224 e. The first-order valence-electron chi connectivity index (χ1n) is 5.32. The largest absolute Gasteiger partial charge is 0.354 e. The zero-order valence-corrected chi connectivity index (χ0v) is 10.8. The lowest BCUT2D eigenvalue weighted by Crippen LogP contribution is -2.31. The van der Waals surface area contributed by atoms with Gasteiger partial charge in [0, 0.05) is 13.1 Å². The second-order valence-electron chi connectivity index (χ2n) is 4.40. The van der Waals surface area contributed by atoms with Crippen LogP contribution in [0, 0.1) is 11.7 Å². The van der Waals surface area contributed by atoms with Gasteiger partial charge in [-0.2, -0.15) is 4.98 Å². The lowest BCUT2D eigenvalue weighted by molar-refractivity contribution is 0.494. The average molecular weight is 246 g/mol. The summed E-state index contributed by atoms with van der Waals surface area (Å²) in [6, 6.07) is 0.209. The number of halogens is 2. The molecule has 0 bridgehead atoms. The Morgan fingerprint density at radius 1 is 1.44 bits per heavy atom. The van der Waals surface area contributed by atoms with Crippen LogP contribution in [-0.4, -0.2) is 23.1 Å². The molecule has 0 saturated carbocycles. The second kappa shape index (κ2) is 5.43. The van der Waals surface area contributed by atoms with E-state index in [-0.39, 0.29) is 17.1 Å². The van der Waals surface area contributed by atoms with Gasteiger partial charge in [-0.1, -0.05) is 13.8 Å². The van der Waals surface area contributed by atoms with Crippen molar-refractivity contribution in [3.63, 3.8) is 0 Å². The molecule has 0 N–H and O–H groups in total. The van der Waals surface area contributed by atoms with E-state index in [1.807, 2.05) is 14.0 Å². The van der Waals surface area contributed by atoms with Gasteiger partial charge in [0.05, 0.1) is 6.20 Å². The zero-order valence-electron chi connectivity index (χ0n) is 10.0. The summed E-state index contributed by atoms with van der Waals surface area (Å²) in [6.45, 7) is 6.30. The van der Waals surface area contributed by atoms with Crippen LogP contribution in [0.2, 0.25) is 5.28 Å². The van der Waals surface area contributed by atoms with Crippen LogP contribution in [0.25, 0.3) is 0 Å². The molecule has 0 amide bonds. The first kappa shape index (κ1) is 13.2. The van der Waals surface area contributed by atoms with Crippen molar-refractivity contribution in [2.75, 3.05) is 11.9 Å². The van der Waals surface area contributed by atoms with Crippen molar-refractivity contribution in [1.82, 2.24) is 9.97 Å². The molecule has 1 heterocycles. The van der Waals surface area contributed by atoms with Crippen LogP contribution in [0.4, 0.5) is 10.2 Å². The maximum Gasteiger partial charge on any atom is 0.224 e. The summed E-state index contributed by atoms with van der Waals surface area (Å²) in [5, 5.41) is 0.0694. The number of nitrogens with zero attached hydrogens (tertiary/aromatic N) is 3. The molecule has 1 rings (SSSR count). The fourth-order valence-electron chi connectivity index (χ4n) is 1.63. The summed E-state index contributed by atoms with van der Waals surface area (Å²) >= 11 is 5.66. The molecule has 3 nitrogen and oxygen atoms in total. The molecule has 0 saturated heterocycles. The fourth-order valence-corrected chi connectivity index (χ4v) is 1.76. The molecule has 5 heteroatoms. The Labute approximate surface area is 101 Å². The standard InChI is InChI=1S/C11H17ClFN3/c1-7(2)5-8(3)16(4)10-9(13)6-14-11(12)15-10/h6-8H,5H2,1-4H3. The van der Waals surface area contributed by atoms with Gasteiger partial charge in [-0.3, -0.25) is 0 Å². The van der Waals surface area contributed by atoms with Gasteiger partial charge in [0.2, 0.25) is 5.28 Å². The van der Waals surface area contributed by atoms with Crippen molar-refractivity contribution in [3.8, 4) is 0 Å². The first-order valence-corrected chi connectivity index (χ1v) is 5.70. The Morgan fingerprint density at radius 2 is 2.06 bits per heavy atom. The molecular weight excluding hydrogens is 229 g/mol. The van der Waals surface area contributed by atoms with Gasteiger partial charge in [-0.15, -0.1) is 0 Å². The first-order chi connectivity index (χ1) is 7.41. The molecule has 0 aromatic carbocycles. The number of aromatic nitrogens is 2. The summed E-state index contributed by atoms with van der Waals surface area (Å²) in [7, 11) is 1.81. The molecule has 1 aromatic rings. The Kier molecular flexibility index (Phi) is 4.47. The minimum Gasteiger partial charge on any atom is -0.354 e. The number of anilines is 1. The van der Waals surface area contributed by atoms with Crippen molar-refractivity contribution in [3.05, 3.63) is 17.3 Å². The van der Waals surface area contributed by atoms with Crippen LogP contribution in [0.15, 0.2) is 6.20 Å². The monoisotopic (exact) mass is 245 g/mol. The Bertz CT molecular complexity index is 357. The van der Waals surface area contributed by atoms with Crippen LogP contribution in [0.5, 0.6) is 0 Å². The molecule has 90 valence electrons. The highest BCUT2D eigenvalue weighted by molar-refractivity contribution is 6.28. The third-order valence-electron chi connectivity index (χ3n) is 2.50. The highest BCUT2D eigenvalue weighted by atomic mass is 35.5. The second-order valence-corrected chi connectivity index (χ2v) is 4.74. The third-order valence-corrected chi connectivity index (χ3v) is 2.69. The minimum atomic E-state index is -0.442. The van der Waals surface area contributed by atoms with E-state index < -0.39 is 5.82 Å². The molecule has 0 spiro atoms. The summed E-state index contributed by atoms with van der Waals surface area (Å²) < 4.78 is 13.5. The van der Waals surface area contributed by atoms with E-state index >= 15 is 0 Å². The molecule has 0 aliphatic heterocycles. The van der Waals surface area contributed by atoms with Crippen molar-refractivity contribution in [2.24, 2.45) is 5.92 Å². The molecule has 1 atom stereocenters. The number of hydrogen-bond acceptors (Lipinski definition) is 3. The summed E-state index contributed by atoms with van der Waals surface area (Å²) in [5.74, 6) is 0.369. The maximum atomic E-state index is 13.5. The van der Waals surface area contributed by atoms with Crippen LogP contribution < -0.4 is 4.90 Å². The molecule has 0 aliphatic rings. The molecule has 1 unspecified atom stereocenters. The Hall–Kier alpha value is -0.900. The van der Waals surface area contributed by atoms with Gasteiger partial charge in [0.15, 0.2) is 11.6 Å². The predicted molar refractivity (Wildman–Crippen MR) is 64.3 cm³/mol. The van der Waals surface area contributed by atoms with Crippen LogP contribution in [-0.2, 0) is 0 Å². The van der Waals surface area contributed by atoms with Crippen LogP contribution in [0.1, 0.15) is 27.2 Å². The number of rotatable bonds is 4. The van der Waals surface area contributed by atoms with Gasteiger partial charge in [0.25, 0.3) is 0 Å². The Balaban J connectivity index is 2.86. The lowest BCUT2D eigenvalue weighted by atomic mass is 10.0. The minimum absolute atomic E-state index is 0.0694. The normalized spacial score (nSPS) is 12.9. The van der Waals surface area contributed by atoms with Crippen molar-refractivity contribution < 1.29 is 4.39 Å². The zero-order chi connectivity index (χ0) is 12.3. The van der Waals surface area contributed by atoms with E-state index in [0.29, 0.717) is 5.92 Å². The summed E-state index contributed by atoms with van der Waals surface area (Å²) in [4.78, 5) is 9.30. The molecule has 0 radical (unpaired) electrons. The molecular formula is C11H17ClFN3. The van der Waals surface area contributed by atoms with E-state index in [0.717, 1.165) is 12.6 Å². The van der Waals surface area contributed by atoms with Gasteiger partial charge >= 0.3 is 0 Å². The van der Waals surface area contributed by atoms with Crippen LogP contribution >= 0.6 is 11.6 Å². The molecule has 16 heavy (non-hydrogen) atoms. The quantitative estimate of drug-likeness (QED) is 0.763. The average Bonchev–Trinajstić information content (AvgIpc) is 2.19. The fraction of sp³-hybridized carbons (Fsp3) is 0.636. The van der Waals surface area contributed by atoms with Crippen molar-refractivity contribution in [1.29, 1.82) is 0 Å². The Morgan fingerprint density at radius 3 is 2.62 bits per heavy atom. The van der Waals surface area contributed by atoms with Gasteiger partial charge in [0.1, 0.15) is 0 Å². The van der Waals surface area contributed by atoms with Gasteiger partial charge in [-0.05, 0) is 30.9 Å². The highest BCUT2D eigenvalue weighted by Gasteiger charge is 2.17. The summed E-state index contributed by atoms with van der Waals surface area (Å²) in [5.41, 5.74) is 0. The highest BCUT2D eigenvalue weighted by Crippen LogP contribution is 2.20. The summed E-state index contributed by atoms with van der Waals surface area (Å²) in [6.07, 6.45) is 2.07. The predicted octanol–water partition coefficient (Wildman–Crippen LogP) is 3.14. The maximum absolute atomic E-state index is 13.5.